The summed E-state index contributed by atoms with van der Waals surface area (Å²) in [6, 6.07) is 6.72. The summed E-state index contributed by atoms with van der Waals surface area (Å²) >= 11 is 0. The molecule has 26 heavy (non-hydrogen) atoms. The number of ether oxygens (including phenoxy) is 1. The van der Waals surface area contributed by atoms with Crippen LogP contribution in [0.2, 0.25) is 0 Å². The predicted molar refractivity (Wildman–Crippen MR) is 104 cm³/mol. The summed E-state index contributed by atoms with van der Waals surface area (Å²) in [5.74, 6) is 1.31. The van der Waals surface area contributed by atoms with Gasteiger partial charge < -0.3 is 15.4 Å². The quantitative estimate of drug-likeness (QED) is 0.772. The highest BCUT2D eigenvalue weighted by molar-refractivity contribution is 5.97. The average Bonchev–Trinajstić information content (AvgIpc) is 2.65. The fraction of sp³-hybridized carbons (Fsp3) is 0.619. The molecule has 0 spiro atoms. The van der Waals surface area contributed by atoms with Gasteiger partial charge in [0.1, 0.15) is 11.8 Å². The molecule has 0 aliphatic heterocycles. The van der Waals surface area contributed by atoms with E-state index < -0.39 is 6.04 Å². The highest BCUT2D eigenvalue weighted by Crippen LogP contribution is 2.28. The standard InChI is InChI=1S/C21H32N2O3/c1-5-15(3)19(23-20(24)16-11-9-14(2)10-12-16)21(25)22-17-7-6-8-18(13-17)26-4/h6-8,13-16,19H,5,9-12H2,1-4H3,(H,22,25)(H,23,24)/t14?,15-,16?,19+/m1/s1. The third kappa shape index (κ3) is 5.48. The van der Waals surface area contributed by atoms with Crippen LogP contribution in [0, 0.1) is 17.8 Å². The number of rotatable bonds is 7. The van der Waals surface area contributed by atoms with E-state index in [1.807, 2.05) is 32.0 Å². The van der Waals surface area contributed by atoms with Gasteiger partial charge in [0.05, 0.1) is 7.11 Å². The van der Waals surface area contributed by atoms with E-state index in [4.69, 9.17) is 4.74 Å². The molecule has 1 aromatic carbocycles. The molecule has 1 fully saturated rings. The summed E-state index contributed by atoms with van der Waals surface area (Å²) in [5.41, 5.74) is 0.670. The monoisotopic (exact) mass is 360 g/mol. The maximum absolute atomic E-state index is 12.8. The van der Waals surface area contributed by atoms with Gasteiger partial charge in [0.15, 0.2) is 0 Å². The van der Waals surface area contributed by atoms with Crippen LogP contribution >= 0.6 is 0 Å². The van der Waals surface area contributed by atoms with Crippen LogP contribution in [0.4, 0.5) is 5.69 Å². The summed E-state index contributed by atoms with van der Waals surface area (Å²) in [6.45, 7) is 6.27. The van der Waals surface area contributed by atoms with Crippen LogP contribution in [-0.2, 0) is 9.59 Å². The van der Waals surface area contributed by atoms with Crippen LogP contribution in [0.25, 0.3) is 0 Å². The Hall–Kier alpha value is -2.04. The van der Waals surface area contributed by atoms with Crippen molar-refractivity contribution < 1.29 is 14.3 Å². The topological polar surface area (TPSA) is 67.4 Å². The Kier molecular flexibility index (Phi) is 7.49. The number of benzene rings is 1. The summed E-state index contributed by atoms with van der Waals surface area (Å²) in [6.07, 6.45) is 4.82. The van der Waals surface area contributed by atoms with Crippen molar-refractivity contribution in [3.63, 3.8) is 0 Å². The molecule has 0 aromatic heterocycles. The predicted octanol–water partition coefficient (Wildman–Crippen LogP) is 3.99. The summed E-state index contributed by atoms with van der Waals surface area (Å²) < 4.78 is 5.20. The lowest BCUT2D eigenvalue weighted by molar-refractivity contribution is -0.131. The highest BCUT2D eigenvalue weighted by atomic mass is 16.5. The number of nitrogens with one attached hydrogen (secondary N) is 2. The molecule has 1 saturated carbocycles. The summed E-state index contributed by atoms with van der Waals surface area (Å²) in [7, 11) is 1.59. The molecule has 2 N–H and O–H groups in total. The zero-order chi connectivity index (χ0) is 19.1. The van der Waals surface area contributed by atoms with E-state index in [9.17, 15) is 9.59 Å². The first-order valence-electron chi connectivity index (χ1n) is 9.69. The van der Waals surface area contributed by atoms with Gasteiger partial charge in [-0.3, -0.25) is 9.59 Å². The van der Waals surface area contributed by atoms with Crippen molar-refractivity contribution in [2.45, 2.75) is 58.9 Å². The highest BCUT2D eigenvalue weighted by Gasteiger charge is 2.30. The van der Waals surface area contributed by atoms with Crippen molar-refractivity contribution in [1.82, 2.24) is 5.32 Å². The van der Waals surface area contributed by atoms with Crippen molar-refractivity contribution in [2.75, 3.05) is 12.4 Å². The molecule has 5 heteroatoms. The maximum atomic E-state index is 12.8. The SMILES string of the molecule is CC[C@@H](C)[C@H](NC(=O)C1CCC(C)CC1)C(=O)Nc1cccc(OC)c1. The molecule has 0 radical (unpaired) electrons. The lowest BCUT2D eigenvalue weighted by Gasteiger charge is -2.29. The largest absolute Gasteiger partial charge is 0.497 e. The molecule has 1 aliphatic carbocycles. The first kappa shape index (κ1) is 20.3. The van der Waals surface area contributed by atoms with E-state index in [1.165, 1.54) is 0 Å². The maximum Gasteiger partial charge on any atom is 0.247 e. The second kappa shape index (κ2) is 9.60. The van der Waals surface area contributed by atoms with Gasteiger partial charge in [-0.2, -0.15) is 0 Å². The Morgan fingerprint density at radius 2 is 1.92 bits per heavy atom. The first-order valence-corrected chi connectivity index (χ1v) is 9.69. The molecule has 2 amide bonds. The summed E-state index contributed by atoms with van der Waals surface area (Å²) in [5, 5.41) is 5.93. The molecule has 0 heterocycles. The van der Waals surface area contributed by atoms with Gasteiger partial charge >= 0.3 is 0 Å². The molecule has 2 rings (SSSR count). The lowest BCUT2D eigenvalue weighted by atomic mass is 9.82. The second-order valence-electron chi connectivity index (χ2n) is 7.55. The van der Waals surface area contributed by atoms with Crippen molar-refractivity contribution in [2.24, 2.45) is 17.8 Å². The number of hydrogen-bond acceptors (Lipinski definition) is 3. The zero-order valence-electron chi connectivity index (χ0n) is 16.4. The average molecular weight is 360 g/mol. The Labute approximate surface area is 156 Å². The lowest BCUT2D eigenvalue weighted by Crippen LogP contribution is -2.49. The zero-order valence-corrected chi connectivity index (χ0v) is 16.4. The minimum atomic E-state index is -0.530. The molecule has 0 bridgehead atoms. The van der Waals surface area contributed by atoms with Gasteiger partial charge in [0.25, 0.3) is 0 Å². The van der Waals surface area contributed by atoms with E-state index in [-0.39, 0.29) is 23.7 Å². The molecule has 2 atom stereocenters. The molecule has 1 aromatic rings. The molecular weight excluding hydrogens is 328 g/mol. The summed E-state index contributed by atoms with van der Waals surface area (Å²) in [4.78, 5) is 25.5. The van der Waals surface area contributed by atoms with Gasteiger partial charge in [-0.05, 0) is 49.7 Å². The third-order valence-corrected chi connectivity index (χ3v) is 5.52. The van der Waals surface area contributed by atoms with E-state index in [0.717, 1.165) is 32.1 Å². The number of hydrogen-bond donors (Lipinski definition) is 2. The van der Waals surface area contributed by atoms with Crippen molar-refractivity contribution >= 4 is 17.5 Å². The minimum absolute atomic E-state index is 0.0167. The van der Waals surface area contributed by atoms with Gasteiger partial charge in [0.2, 0.25) is 11.8 Å². The number of anilines is 1. The molecule has 1 aliphatic rings. The Morgan fingerprint density at radius 3 is 2.54 bits per heavy atom. The fourth-order valence-corrected chi connectivity index (χ4v) is 3.42. The second-order valence-corrected chi connectivity index (χ2v) is 7.55. The van der Waals surface area contributed by atoms with Crippen molar-refractivity contribution in [3.05, 3.63) is 24.3 Å². The van der Waals surface area contributed by atoms with E-state index >= 15 is 0 Å². The van der Waals surface area contributed by atoms with Crippen LogP contribution in [0.3, 0.4) is 0 Å². The molecule has 144 valence electrons. The smallest absolute Gasteiger partial charge is 0.247 e. The Morgan fingerprint density at radius 1 is 1.23 bits per heavy atom. The van der Waals surface area contributed by atoms with Gasteiger partial charge in [-0.15, -0.1) is 0 Å². The third-order valence-electron chi connectivity index (χ3n) is 5.52. The molecule has 0 saturated heterocycles. The Balaban J connectivity index is 2.03. The molecule has 5 nitrogen and oxygen atoms in total. The van der Waals surface area contributed by atoms with Crippen LogP contribution in [0.5, 0.6) is 5.75 Å². The molecular formula is C21H32N2O3. The van der Waals surface area contributed by atoms with Gasteiger partial charge in [-0.25, -0.2) is 0 Å². The van der Waals surface area contributed by atoms with E-state index in [1.54, 1.807) is 13.2 Å². The van der Waals surface area contributed by atoms with Crippen molar-refractivity contribution in [1.29, 1.82) is 0 Å². The van der Waals surface area contributed by atoms with Crippen LogP contribution in [0.15, 0.2) is 24.3 Å². The number of carbonyl (C=O) groups excluding carboxylic acids is 2. The fourth-order valence-electron chi connectivity index (χ4n) is 3.42. The molecule has 0 unspecified atom stereocenters. The van der Waals surface area contributed by atoms with Gasteiger partial charge in [0, 0.05) is 17.7 Å². The van der Waals surface area contributed by atoms with E-state index in [2.05, 4.69) is 17.6 Å². The normalized spacial score (nSPS) is 22.2. The minimum Gasteiger partial charge on any atom is -0.497 e. The van der Waals surface area contributed by atoms with Crippen LogP contribution in [0.1, 0.15) is 52.9 Å². The van der Waals surface area contributed by atoms with Crippen LogP contribution < -0.4 is 15.4 Å². The van der Waals surface area contributed by atoms with Crippen LogP contribution in [-0.4, -0.2) is 25.0 Å². The number of amides is 2. The van der Waals surface area contributed by atoms with Crippen molar-refractivity contribution in [3.8, 4) is 5.75 Å². The Bertz CT molecular complexity index is 609. The number of methoxy groups -OCH3 is 1. The van der Waals surface area contributed by atoms with E-state index in [0.29, 0.717) is 17.4 Å². The number of carbonyl (C=O) groups is 2. The first-order chi connectivity index (χ1) is 12.4. The van der Waals surface area contributed by atoms with Gasteiger partial charge in [-0.1, -0.05) is 33.3 Å².